The molecule has 0 saturated carbocycles. The van der Waals surface area contributed by atoms with Gasteiger partial charge in [-0.1, -0.05) is 11.3 Å². The first-order valence-corrected chi connectivity index (χ1v) is 7.11. The fraction of sp³-hybridized carbons (Fsp3) is 0.250. The van der Waals surface area contributed by atoms with Crippen LogP contribution in [-0.4, -0.2) is 29.4 Å². The maximum Gasteiger partial charge on any atom is 0.210 e. The zero-order valence-corrected chi connectivity index (χ0v) is 10.1. The van der Waals surface area contributed by atoms with Gasteiger partial charge in [-0.25, -0.2) is 18.1 Å². The van der Waals surface area contributed by atoms with Gasteiger partial charge in [0.05, 0.1) is 12.4 Å². The summed E-state index contributed by atoms with van der Waals surface area (Å²) in [7, 11) is -3.22. The molecule has 0 unspecified atom stereocenters. The first-order chi connectivity index (χ1) is 7.50. The van der Waals surface area contributed by atoms with E-state index in [0.29, 0.717) is 11.7 Å². The Balaban J connectivity index is 2.39. The molecule has 0 fully saturated rings. The highest BCUT2D eigenvalue weighted by Gasteiger charge is 2.12. The van der Waals surface area contributed by atoms with Crippen LogP contribution in [0, 0.1) is 0 Å². The van der Waals surface area contributed by atoms with Crippen LogP contribution in [0.25, 0.3) is 5.13 Å². The van der Waals surface area contributed by atoms with Crippen molar-refractivity contribution < 1.29 is 8.42 Å². The van der Waals surface area contributed by atoms with Crippen molar-refractivity contribution in [2.75, 3.05) is 6.26 Å². The highest BCUT2D eigenvalue weighted by Crippen LogP contribution is 2.17. The number of rotatable bonds is 3. The number of sulfone groups is 1. The van der Waals surface area contributed by atoms with Crippen molar-refractivity contribution in [2.24, 2.45) is 5.73 Å². The summed E-state index contributed by atoms with van der Waals surface area (Å²) in [6.45, 7) is 0.415. The highest BCUT2D eigenvalue weighted by atomic mass is 32.2. The quantitative estimate of drug-likeness (QED) is 0.848. The molecule has 0 aliphatic carbocycles. The van der Waals surface area contributed by atoms with Crippen LogP contribution < -0.4 is 5.73 Å². The van der Waals surface area contributed by atoms with Gasteiger partial charge in [0, 0.05) is 23.9 Å². The van der Waals surface area contributed by atoms with E-state index in [9.17, 15) is 8.42 Å². The van der Waals surface area contributed by atoms with E-state index in [1.54, 1.807) is 6.20 Å². The fourth-order valence-electron chi connectivity index (χ4n) is 1.10. The molecule has 2 rings (SSSR count). The Labute approximate surface area is 96.7 Å². The summed E-state index contributed by atoms with van der Waals surface area (Å²) in [6.07, 6.45) is 5.54. The van der Waals surface area contributed by atoms with Crippen LogP contribution in [0.5, 0.6) is 0 Å². The van der Waals surface area contributed by atoms with Crippen molar-refractivity contribution in [3.05, 3.63) is 23.5 Å². The topological polar surface area (TPSA) is 90.9 Å². The van der Waals surface area contributed by atoms with E-state index < -0.39 is 9.84 Å². The molecule has 0 radical (unpaired) electrons. The van der Waals surface area contributed by atoms with Gasteiger partial charge in [0.2, 0.25) is 5.13 Å². The van der Waals surface area contributed by atoms with E-state index in [1.807, 2.05) is 0 Å². The molecule has 16 heavy (non-hydrogen) atoms. The van der Waals surface area contributed by atoms with E-state index >= 15 is 0 Å². The third kappa shape index (κ3) is 2.13. The zero-order valence-electron chi connectivity index (χ0n) is 8.49. The third-order valence-electron chi connectivity index (χ3n) is 1.93. The Morgan fingerprint density at radius 2 is 2.25 bits per heavy atom. The number of hydrogen-bond donors (Lipinski definition) is 1. The smallest absolute Gasteiger partial charge is 0.210 e. The zero-order chi connectivity index (χ0) is 11.8. The minimum absolute atomic E-state index is 0.178. The molecule has 0 amide bonds. The van der Waals surface area contributed by atoms with E-state index in [4.69, 9.17) is 5.73 Å². The second-order valence-electron chi connectivity index (χ2n) is 3.21. The van der Waals surface area contributed by atoms with E-state index in [1.165, 1.54) is 28.4 Å². The molecular weight excluding hydrogens is 248 g/mol. The van der Waals surface area contributed by atoms with Gasteiger partial charge in [-0.15, -0.1) is 0 Å². The van der Waals surface area contributed by atoms with Crippen molar-refractivity contribution in [3.63, 3.8) is 0 Å². The molecule has 0 aliphatic heterocycles. The molecule has 8 heteroatoms. The Morgan fingerprint density at radius 3 is 2.75 bits per heavy atom. The SMILES string of the molecule is CS(=O)(=O)c1cnn(-c2ncc(CN)s2)c1. The van der Waals surface area contributed by atoms with Crippen LogP contribution >= 0.6 is 11.3 Å². The van der Waals surface area contributed by atoms with Gasteiger partial charge < -0.3 is 5.73 Å². The fourth-order valence-corrected chi connectivity index (χ4v) is 2.35. The summed E-state index contributed by atoms with van der Waals surface area (Å²) in [5.41, 5.74) is 5.46. The highest BCUT2D eigenvalue weighted by molar-refractivity contribution is 7.90. The van der Waals surface area contributed by atoms with Crippen LogP contribution in [0.15, 0.2) is 23.5 Å². The summed E-state index contributed by atoms with van der Waals surface area (Å²) >= 11 is 1.38. The largest absolute Gasteiger partial charge is 0.326 e. The van der Waals surface area contributed by atoms with E-state index in [0.717, 1.165) is 11.1 Å². The van der Waals surface area contributed by atoms with Crippen LogP contribution in [0.3, 0.4) is 0 Å². The van der Waals surface area contributed by atoms with Gasteiger partial charge in [0.25, 0.3) is 0 Å². The standard InChI is InChI=1S/C8H10N4O2S2/c1-16(13,14)7-4-11-12(5-7)8-10-3-6(2-9)15-8/h3-5H,2,9H2,1H3. The lowest BCUT2D eigenvalue weighted by Crippen LogP contribution is -1.95. The summed E-state index contributed by atoms with van der Waals surface area (Å²) in [5, 5.41) is 4.55. The van der Waals surface area contributed by atoms with Gasteiger partial charge in [0.15, 0.2) is 9.84 Å². The van der Waals surface area contributed by atoms with E-state index in [2.05, 4.69) is 10.1 Å². The summed E-state index contributed by atoms with van der Waals surface area (Å²) in [6, 6.07) is 0. The average molecular weight is 258 g/mol. The number of nitrogens with two attached hydrogens (primary N) is 1. The molecule has 0 spiro atoms. The Bertz CT molecular complexity index is 599. The molecule has 6 nitrogen and oxygen atoms in total. The first kappa shape index (κ1) is 11.2. The summed E-state index contributed by atoms with van der Waals surface area (Å²) < 4.78 is 23.9. The Hall–Kier alpha value is -1.25. The Morgan fingerprint density at radius 1 is 1.50 bits per heavy atom. The minimum Gasteiger partial charge on any atom is -0.326 e. The monoisotopic (exact) mass is 258 g/mol. The number of hydrogen-bond acceptors (Lipinski definition) is 6. The molecule has 0 bridgehead atoms. The van der Waals surface area contributed by atoms with Gasteiger partial charge >= 0.3 is 0 Å². The molecule has 0 saturated heterocycles. The third-order valence-corrected chi connectivity index (χ3v) is 4.00. The normalized spacial score (nSPS) is 11.9. The van der Waals surface area contributed by atoms with Crippen LogP contribution in [0.2, 0.25) is 0 Å². The van der Waals surface area contributed by atoms with Gasteiger partial charge in [-0.3, -0.25) is 0 Å². The van der Waals surface area contributed by atoms with Gasteiger partial charge in [-0.2, -0.15) is 5.10 Å². The lowest BCUT2D eigenvalue weighted by atomic mass is 10.6. The molecule has 0 aromatic carbocycles. The van der Waals surface area contributed by atoms with Crippen molar-refractivity contribution in [1.82, 2.24) is 14.8 Å². The predicted octanol–water partition coefficient (Wildman–Crippen LogP) is 0.191. The molecule has 0 atom stereocenters. The maximum absolute atomic E-state index is 11.2. The molecule has 2 aromatic heterocycles. The van der Waals surface area contributed by atoms with Crippen LogP contribution in [0.1, 0.15) is 4.88 Å². The van der Waals surface area contributed by atoms with Crippen LogP contribution in [-0.2, 0) is 16.4 Å². The molecular formula is C8H10N4O2S2. The predicted molar refractivity (Wildman–Crippen MR) is 60.2 cm³/mol. The maximum atomic E-state index is 11.2. The van der Waals surface area contributed by atoms with Gasteiger partial charge in [-0.05, 0) is 0 Å². The first-order valence-electron chi connectivity index (χ1n) is 4.40. The number of aromatic nitrogens is 3. The van der Waals surface area contributed by atoms with Crippen molar-refractivity contribution in [2.45, 2.75) is 11.4 Å². The molecule has 2 aromatic rings. The second kappa shape index (κ2) is 3.96. The number of thiazole rings is 1. The van der Waals surface area contributed by atoms with E-state index in [-0.39, 0.29) is 4.90 Å². The summed E-state index contributed by atoms with van der Waals surface area (Å²) in [4.78, 5) is 5.20. The Kier molecular flexibility index (Phi) is 2.78. The molecule has 0 aliphatic rings. The lowest BCUT2D eigenvalue weighted by molar-refractivity contribution is 0.602. The lowest BCUT2D eigenvalue weighted by Gasteiger charge is -1.92. The molecule has 86 valence electrons. The average Bonchev–Trinajstić information content (AvgIpc) is 2.85. The van der Waals surface area contributed by atoms with Gasteiger partial charge in [0.1, 0.15) is 4.90 Å². The van der Waals surface area contributed by atoms with Crippen molar-refractivity contribution >= 4 is 21.2 Å². The van der Waals surface area contributed by atoms with Crippen LogP contribution in [0.4, 0.5) is 0 Å². The number of nitrogens with zero attached hydrogens (tertiary/aromatic N) is 3. The molecule has 2 heterocycles. The minimum atomic E-state index is -3.22. The van der Waals surface area contributed by atoms with Crippen molar-refractivity contribution in [1.29, 1.82) is 0 Å². The molecule has 2 N–H and O–H groups in total. The van der Waals surface area contributed by atoms with Crippen molar-refractivity contribution in [3.8, 4) is 5.13 Å². The summed E-state index contributed by atoms with van der Waals surface area (Å²) in [5.74, 6) is 0. The second-order valence-corrected chi connectivity index (χ2v) is 6.32.